The first-order chi connectivity index (χ1) is 15.9. The Kier molecular flexibility index (Phi) is 7.53. The molecule has 8 nitrogen and oxygen atoms in total. The van der Waals surface area contributed by atoms with Crippen molar-refractivity contribution in [3.63, 3.8) is 0 Å². The third-order valence-corrected chi connectivity index (χ3v) is 5.63. The third kappa shape index (κ3) is 5.51. The van der Waals surface area contributed by atoms with Crippen LogP contribution in [0.3, 0.4) is 0 Å². The van der Waals surface area contributed by atoms with Crippen LogP contribution in [0.5, 0.6) is 0 Å². The van der Waals surface area contributed by atoms with E-state index < -0.39 is 23.0 Å². The van der Waals surface area contributed by atoms with Gasteiger partial charge in [0.2, 0.25) is 0 Å². The molecule has 2 aromatic heterocycles. The zero-order valence-corrected chi connectivity index (χ0v) is 21.0. The second-order valence-electron chi connectivity index (χ2n) is 8.52. The largest absolute Gasteiger partial charge is 0.465 e. The summed E-state index contributed by atoms with van der Waals surface area (Å²) >= 11 is 12.4. The van der Waals surface area contributed by atoms with E-state index >= 15 is 0 Å². The minimum atomic E-state index is -0.798. The fourth-order valence-electron chi connectivity index (χ4n) is 3.50. The van der Waals surface area contributed by atoms with Crippen LogP contribution in [-0.2, 0) is 22.6 Å². The molecule has 0 atom stereocenters. The number of aromatic nitrogens is 3. The quantitative estimate of drug-likeness (QED) is 0.445. The molecule has 0 unspecified atom stereocenters. The van der Waals surface area contributed by atoms with Gasteiger partial charge in [0.1, 0.15) is 11.2 Å². The van der Waals surface area contributed by atoms with Crippen LogP contribution in [0.15, 0.2) is 41.5 Å². The van der Waals surface area contributed by atoms with Crippen molar-refractivity contribution in [3.05, 3.63) is 73.7 Å². The lowest BCUT2D eigenvalue weighted by atomic mass is 10.0. The molecular weight excluding hydrogens is 481 g/mol. The van der Waals surface area contributed by atoms with Gasteiger partial charge in [0, 0.05) is 30.1 Å². The molecule has 34 heavy (non-hydrogen) atoms. The van der Waals surface area contributed by atoms with E-state index in [1.807, 2.05) is 11.5 Å². The number of halogens is 2. The summed E-state index contributed by atoms with van der Waals surface area (Å²) in [5, 5.41) is 4.82. The molecule has 0 amide bonds. The van der Waals surface area contributed by atoms with Crippen molar-refractivity contribution in [1.29, 1.82) is 0 Å². The van der Waals surface area contributed by atoms with Crippen LogP contribution in [0.2, 0.25) is 10.0 Å². The first kappa shape index (κ1) is 25.5. The molecule has 0 aliphatic heterocycles. The molecule has 0 spiro atoms. The van der Waals surface area contributed by atoms with E-state index in [1.165, 1.54) is 30.3 Å². The van der Waals surface area contributed by atoms with Gasteiger partial charge in [-0.3, -0.25) is 9.48 Å². The summed E-state index contributed by atoms with van der Waals surface area (Å²) in [6.45, 7) is 7.67. The molecule has 0 N–H and O–H groups in total. The lowest BCUT2D eigenvalue weighted by Gasteiger charge is -2.24. The Morgan fingerprint density at radius 2 is 1.79 bits per heavy atom. The first-order valence-corrected chi connectivity index (χ1v) is 11.3. The number of ether oxygens (including phenoxy) is 2. The molecular formula is C24H25Cl2N3O5. The third-order valence-electron chi connectivity index (χ3n) is 4.89. The fourth-order valence-corrected chi connectivity index (χ4v) is 3.80. The second-order valence-corrected chi connectivity index (χ2v) is 9.33. The number of nitrogens with zero attached hydrogens (tertiary/aromatic N) is 3. The summed E-state index contributed by atoms with van der Waals surface area (Å²) in [7, 11) is 1.29. The molecule has 0 saturated carbocycles. The molecule has 0 bridgehead atoms. The lowest BCUT2D eigenvalue weighted by molar-refractivity contribution is 0.00679. The van der Waals surface area contributed by atoms with E-state index in [1.54, 1.807) is 39.0 Å². The van der Waals surface area contributed by atoms with Gasteiger partial charge in [-0.15, -0.1) is 0 Å². The highest BCUT2D eigenvalue weighted by Gasteiger charge is 2.27. The van der Waals surface area contributed by atoms with Gasteiger partial charge in [0.15, 0.2) is 5.43 Å². The summed E-state index contributed by atoms with van der Waals surface area (Å²) in [6.07, 6.45) is 2.91. The molecule has 1 aromatic carbocycles. The molecule has 180 valence electrons. The van der Waals surface area contributed by atoms with Crippen LogP contribution >= 0.6 is 23.2 Å². The number of hydrogen-bond acceptors (Lipinski definition) is 6. The van der Waals surface area contributed by atoms with Crippen molar-refractivity contribution < 1.29 is 19.1 Å². The number of pyridine rings is 1. The minimum absolute atomic E-state index is 0.102. The average Bonchev–Trinajstić information content (AvgIpc) is 3.22. The van der Waals surface area contributed by atoms with Gasteiger partial charge in [0.25, 0.3) is 0 Å². The highest BCUT2D eigenvalue weighted by atomic mass is 35.5. The average molecular weight is 506 g/mol. The molecule has 3 rings (SSSR count). The zero-order chi connectivity index (χ0) is 25.2. The van der Waals surface area contributed by atoms with E-state index in [9.17, 15) is 14.4 Å². The van der Waals surface area contributed by atoms with Crippen LogP contribution in [-0.4, -0.2) is 39.0 Å². The van der Waals surface area contributed by atoms with Crippen LogP contribution in [0.4, 0.5) is 0 Å². The van der Waals surface area contributed by atoms with Crippen molar-refractivity contribution in [2.75, 3.05) is 7.11 Å². The minimum Gasteiger partial charge on any atom is -0.465 e. The van der Waals surface area contributed by atoms with Crippen LogP contribution in [0, 0.1) is 0 Å². The Hall–Kier alpha value is -3.10. The van der Waals surface area contributed by atoms with Crippen molar-refractivity contribution in [2.45, 2.75) is 46.4 Å². The van der Waals surface area contributed by atoms with E-state index in [0.29, 0.717) is 28.5 Å². The van der Waals surface area contributed by atoms with Crippen molar-refractivity contribution >= 4 is 35.1 Å². The van der Waals surface area contributed by atoms with E-state index in [-0.39, 0.29) is 22.7 Å². The van der Waals surface area contributed by atoms with Gasteiger partial charge in [0.05, 0.1) is 41.2 Å². The number of benzene rings is 1. The van der Waals surface area contributed by atoms with Gasteiger partial charge in [-0.1, -0.05) is 29.3 Å². The van der Waals surface area contributed by atoms with Crippen molar-refractivity contribution in [1.82, 2.24) is 14.3 Å². The Bertz CT molecular complexity index is 1300. The standard InChI is InChI=1S/C24H25Cl2N3O5/c1-6-29-16(13-28-12-15(11-27-28)22(31)33-5)10-19(30)20(23(32)34-24(2,3)4)21(29)14-7-8-17(25)18(26)9-14/h7-12H,6,13H2,1-5H3. The van der Waals surface area contributed by atoms with Crippen LogP contribution in [0.25, 0.3) is 11.3 Å². The number of rotatable bonds is 6. The summed E-state index contributed by atoms with van der Waals surface area (Å²) in [5.74, 6) is -1.25. The van der Waals surface area contributed by atoms with E-state index in [2.05, 4.69) is 5.10 Å². The zero-order valence-electron chi connectivity index (χ0n) is 19.5. The second kappa shape index (κ2) is 10.0. The molecule has 2 heterocycles. The van der Waals surface area contributed by atoms with Gasteiger partial charge in [-0.2, -0.15) is 5.10 Å². The smallest absolute Gasteiger partial charge is 0.344 e. The predicted molar refractivity (Wildman–Crippen MR) is 130 cm³/mol. The summed E-state index contributed by atoms with van der Waals surface area (Å²) in [5.41, 5.74) is 0.339. The number of carbonyl (C=O) groups excluding carboxylic acids is 2. The van der Waals surface area contributed by atoms with Crippen LogP contribution in [0.1, 0.15) is 54.1 Å². The molecule has 0 saturated heterocycles. The Morgan fingerprint density at radius 3 is 2.38 bits per heavy atom. The summed E-state index contributed by atoms with van der Waals surface area (Å²) in [6, 6.07) is 6.27. The highest BCUT2D eigenvalue weighted by Crippen LogP contribution is 2.31. The van der Waals surface area contributed by atoms with Gasteiger partial charge in [-0.05, 0) is 39.8 Å². The number of esters is 2. The number of carbonyl (C=O) groups is 2. The van der Waals surface area contributed by atoms with Gasteiger partial charge >= 0.3 is 11.9 Å². The SMILES string of the molecule is CCn1c(Cn2cc(C(=O)OC)cn2)cc(=O)c(C(=O)OC(C)(C)C)c1-c1ccc(Cl)c(Cl)c1. The maximum atomic E-state index is 13.3. The van der Waals surface area contributed by atoms with Gasteiger partial charge in [-0.25, -0.2) is 9.59 Å². The summed E-state index contributed by atoms with van der Waals surface area (Å²) < 4.78 is 13.6. The number of methoxy groups -OCH3 is 1. The lowest BCUT2D eigenvalue weighted by Crippen LogP contribution is -2.30. The molecule has 0 aliphatic rings. The Morgan fingerprint density at radius 1 is 1.09 bits per heavy atom. The highest BCUT2D eigenvalue weighted by molar-refractivity contribution is 6.42. The fraction of sp³-hybridized carbons (Fsp3) is 0.333. The predicted octanol–water partition coefficient (Wildman–Crippen LogP) is 4.83. The first-order valence-electron chi connectivity index (χ1n) is 10.5. The van der Waals surface area contributed by atoms with Crippen molar-refractivity contribution in [3.8, 4) is 11.3 Å². The molecule has 10 heteroatoms. The topological polar surface area (TPSA) is 92.4 Å². The molecule has 0 radical (unpaired) electrons. The van der Waals surface area contributed by atoms with E-state index in [4.69, 9.17) is 32.7 Å². The Labute approximate surface area is 207 Å². The monoisotopic (exact) mass is 505 g/mol. The maximum absolute atomic E-state index is 13.3. The number of hydrogen-bond donors (Lipinski definition) is 0. The van der Waals surface area contributed by atoms with Crippen LogP contribution < -0.4 is 5.43 Å². The van der Waals surface area contributed by atoms with E-state index in [0.717, 1.165) is 0 Å². The maximum Gasteiger partial charge on any atom is 0.344 e. The van der Waals surface area contributed by atoms with Gasteiger partial charge < -0.3 is 14.0 Å². The summed E-state index contributed by atoms with van der Waals surface area (Å²) in [4.78, 5) is 38.2. The molecule has 0 aliphatic carbocycles. The molecule has 3 aromatic rings. The molecule has 0 fully saturated rings. The Balaban J connectivity index is 2.23. The van der Waals surface area contributed by atoms with Crippen molar-refractivity contribution in [2.24, 2.45) is 0 Å². The normalized spacial score (nSPS) is 11.4.